The molecule has 1 radical (unpaired) electrons. The molecule has 0 unspecified atom stereocenters. The molecule has 2 aromatic carbocycles. The normalized spacial score (nSPS) is 10.0. The van der Waals surface area contributed by atoms with Crippen molar-refractivity contribution < 1.29 is 24.2 Å². The van der Waals surface area contributed by atoms with E-state index in [9.17, 15) is 0 Å². The Morgan fingerprint density at radius 2 is 1.72 bits per heavy atom. The summed E-state index contributed by atoms with van der Waals surface area (Å²) in [5.74, 6) is 1.58. The average Bonchev–Trinajstić information content (AvgIpc) is 2.79. The minimum Gasteiger partial charge on any atom is -0.477 e. The monoisotopic (exact) mass is 326 g/mol. The summed E-state index contributed by atoms with van der Waals surface area (Å²) >= 11 is 0. The van der Waals surface area contributed by atoms with Gasteiger partial charge in [0.1, 0.15) is 11.5 Å². The Morgan fingerprint density at radius 1 is 1.00 bits per heavy atom. The molecule has 0 fully saturated rings. The maximum Gasteiger partial charge on any atom is 2.00 e. The summed E-state index contributed by atoms with van der Waals surface area (Å²) < 4.78 is 5.73. The fourth-order valence-corrected chi connectivity index (χ4v) is 1.70. The minimum absolute atomic E-state index is 0. The molecule has 0 aliphatic rings. The van der Waals surface area contributed by atoms with Crippen LogP contribution in [0.25, 0.3) is 10.9 Å². The van der Waals surface area contributed by atoms with Gasteiger partial charge in [-0.3, -0.25) is 0 Å². The zero-order valence-corrected chi connectivity index (χ0v) is 11.1. The third-order valence-corrected chi connectivity index (χ3v) is 2.57. The maximum atomic E-state index is 5.73. The van der Waals surface area contributed by atoms with Gasteiger partial charge >= 0.3 is 19.5 Å². The fourth-order valence-electron chi connectivity index (χ4n) is 1.70. The number of ether oxygens (including phenoxy) is 1. The van der Waals surface area contributed by atoms with Crippen LogP contribution in [0, 0.1) is 6.20 Å². The van der Waals surface area contributed by atoms with Crippen molar-refractivity contribution in [1.29, 1.82) is 0 Å². The van der Waals surface area contributed by atoms with Gasteiger partial charge in [-0.05, 0) is 30.3 Å². The Bertz CT molecular complexity index is 646. The molecule has 18 heavy (non-hydrogen) atoms. The first-order chi connectivity index (χ1) is 8.31. The molecule has 3 aromatic rings. The van der Waals surface area contributed by atoms with Gasteiger partial charge in [0.25, 0.3) is 0 Å². The summed E-state index contributed by atoms with van der Waals surface area (Å²) in [7, 11) is 0. The van der Waals surface area contributed by atoms with Crippen LogP contribution in [0.1, 0.15) is 0 Å². The molecule has 0 atom stereocenters. The number of nitrogens with one attached hydrogen (secondary N) is 1. The molecule has 1 aromatic heterocycles. The molecule has 3 rings (SSSR count). The Morgan fingerprint density at radius 3 is 2.50 bits per heavy atom. The van der Waals surface area contributed by atoms with Gasteiger partial charge in [0.15, 0.2) is 0 Å². The molecule has 0 aliphatic carbocycles. The van der Waals surface area contributed by atoms with Crippen molar-refractivity contribution in [1.82, 2.24) is 4.98 Å². The Balaban J connectivity index is 0.00000120. The second kappa shape index (κ2) is 5.24. The van der Waals surface area contributed by atoms with Gasteiger partial charge < -0.3 is 15.5 Å². The Labute approximate surface area is 118 Å². The minimum atomic E-state index is 0. The van der Waals surface area contributed by atoms with E-state index < -0.39 is 0 Å². The SMILES string of the molecule is Nc1ccc(Oc2ccc3[nH][c-]cc3c2)cc1.[Rh+2]. The van der Waals surface area contributed by atoms with Gasteiger partial charge in [-0.1, -0.05) is 6.07 Å². The van der Waals surface area contributed by atoms with Crippen molar-refractivity contribution in [3.63, 3.8) is 0 Å². The van der Waals surface area contributed by atoms with Crippen LogP contribution in [-0.2, 0) is 19.5 Å². The first-order valence-corrected chi connectivity index (χ1v) is 5.33. The number of hydrogen-bond acceptors (Lipinski definition) is 2. The van der Waals surface area contributed by atoms with Crippen molar-refractivity contribution in [2.45, 2.75) is 0 Å². The predicted molar refractivity (Wildman–Crippen MR) is 68.1 cm³/mol. The van der Waals surface area contributed by atoms with Crippen LogP contribution in [0.4, 0.5) is 5.69 Å². The molecule has 4 heteroatoms. The van der Waals surface area contributed by atoms with E-state index >= 15 is 0 Å². The molecule has 0 saturated carbocycles. The van der Waals surface area contributed by atoms with Crippen LogP contribution < -0.4 is 10.5 Å². The molecule has 3 nitrogen and oxygen atoms in total. The van der Waals surface area contributed by atoms with Crippen LogP contribution in [0.2, 0.25) is 0 Å². The number of nitrogens with two attached hydrogens (primary N) is 1. The van der Waals surface area contributed by atoms with Gasteiger partial charge in [-0.2, -0.15) is 11.5 Å². The zero-order valence-electron chi connectivity index (χ0n) is 9.44. The summed E-state index contributed by atoms with van der Waals surface area (Å²) in [4.78, 5) is 3.02. The van der Waals surface area contributed by atoms with Crippen LogP contribution in [0.3, 0.4) is 0 Å². The van der Waals surface area contributed by atoms with Crippen LogP contribution >= 0.6 is 0 Å². The first kappa shape index (κ1) is 12.7. The van der Waals surface area contributed by atoms with Gasteiger partial charge in [-0.15, -0.1) is 17.8 Å². The molecule has 1 heterocycles. The standard InChI is InChI=1S/C14H11N2O.Rh/c15-11-1-3-12(4-2-11)17-13-5-6-14-10(9-13)7-8-16-14;/h1-7,9,16H,15H2;/q-1;+2. The average molecular weight is 326 g/mol. The molecule has 0 bridgehead atoms. The second-order valence-electron chi connectivity index (χ2n) is 3.83. The van der Waals surface area contributed by atoms with Gasteiger partial charge in [-0.25, -0.2) is 0 Å². The number of fused-ring (bicyclic) bond motifs is 1. The fraction of sp³-hybridized carbons (Fsp3) is 0. The molecule has 0 saturated heterocycles. The summed E-state index contributed by atoms with van der Waals surface area (Å²) in [5.41, 5.74) is 7.40. The molecular formula is C14H11N2ORh+. The van der Waals surface area contributed by atoms with Gasteiger partial charge in [0, 0.05) is 5.69 Å². The van der Waals surface area contributed by atoms with E-state index in [1.807, 2.05) is 48.5 Å². The van der Waals surface area contributed by atoms with Crippen LogP contribution in [0.5, 0.6) is 11.5 Å². The quantitative estimate of drug-likeness (QED) is 0.431. The van der Waals surface area contributed by atoms with Crippen molar-refractivity contribution in [3.8, 4) is 11.5 Å². The Hall–Kier alpha value is -1.80. The summed E-state index contributed by atoms with van der Waals surface area (Å²) in [6, 6.07) is 15.1. The number of nitrogen functional groups attached to an aromatic ring is 1. The van der Waals surface area contributed by atoms with E-state index in [0.29, 0.717) is 0 Å². The molecule has 0 spiro atoms. The summed E-state index contributed by atoms with van der Waals surface area (Å²) in [6.45, 7) is 0. The molecule has 91 valence electrons. The first-order valence-electron chi connectivity index (χ1n) is 5.33. The van der Waals surface area contributed by atoms with Crippen LogP contribution in [0.15, 0.2) is 48.5 Å². The number of H-pyrrole nitrogens is 1. The van der Waals surface area contributed by atoms with E-state index in [2.05, 4.69) is 11.2 Å². The maximum absolute atomic E-state index is 5.73. The zero-order chi connectivity index (χ0) is 11.7. The number of hydrogen-bond donors (Lipinski definition) is 2. The van der Waals surface area contributed by atoms with E-state index in [1.165, 1.54) is 0 Å². The van der Waals surface area contributed by atoms with Crippen molar-refractivity contribution in [2.75, 3.05) is 5.73 Å². The van der Waals surface area contributed by atoms with Crippen molar-refractivity contribution in [2.24, 2.45) is 0 Å². The second-order valence-corrected chi connectivity index (χ2v) is 3.83. The van der Waals surface area contributed by atoms with Crippen molar-refractivity contribution >= 4 is 16.6 Å². The number of aromatic nitrogens is 1. The van der Waals surface area contributed by atoms with E-state index in [0.717, 1.165) is 28.1 Å². The van der Waals surface area contributed by atoms with E-state index in [4.69, 9.17) is 10.5 Å². The smallest absolute Gasteiger partial charge is 0.477 e. The third kappa shape index (κ3) is 2.54. The topological polar surface area (TPSA) is 51.0 Å². The van der Waals surface area contributed by atoms with Crippen LogP contribution in [-0.4, -0.2) is 4.98 Å². The van der Waals surface area contributed by atoms with Gasteiger partial charge in [0.2, 0.25) is 0 Å². The molecule has 0 aliphatic heterocycles. The summed E-state index contributed by atoms with van der Waals surface area (Å²) in [6.07, 6.45) is 2.94. The third-order valence-electron chi connectivity index (χ3n) is 2.57. The molecular weight excluding hydrogens is 315 g/mol. The predicted octanol–water partition coefficient (Wildman–Crippen LogP) is 3.34. The number of rotatable bonds is 2. The summed E-state index contributed by atoms with van der Waals surface area (Å²) in [5, 5.41) is 1.08. The van der Waals surface area contributed by atoms with E-state index in [1.54, 1.807) is 0 Å². The number of anilines is 1. The number of benzene rings is 2. The largest absolute Gasteiger partial charge is 2.00 e. The van der Waals surface area contributed by atoms with Gasteiger partial charge in [0.05, 0.1) is 0 Å². The number of aromatic amines is 1. The molecule has 0 amide bonds. The van der Waals surface area contributed by atoms with E-state index in [-0.39, 0.29) is 19.5 Å². The van der Waals surface area contributed by atoms with Crippen molar-refractivity contribution in [3.05, 3.63) is 54.7 Å². The Kier molecular flexibility index (Phi) is 3.68. The molecule has 3 N–H and O–H groups in total.